The van der Waals surface area contributed by atoms with Gasteiger partial charge in [-0.1, -0.05) is 38.1 Å². The van der Waals surface area contributed by atoms with Crippen LogP contribution in [0, 0.1) is 0 Å². The molecule has 4 heteroatoms. The van der Waals surface area contributed by atoms with Crippen LogP contribution >= 0.6 is 0 Å². The second-order valence-electron chi connectivity index (χ2n) is 5.18. The van der Waals surface area contributed by atoms with Gasteiger partial charge in [-0.15, -0.1) is 0 Å². The molecule has 0 fully saturated rings. The molecule has 0 unspecified atom stereocenters. The van der Waals surface area contributed by atoms with Crippen molar-refractivity contribution in [3.63, 3.8) is 0 Å². The van der Waals surface area contributed by atoms with E-state index >= 15 is 0 Å². The number of benzene rings is 1. The summed E-state index contributed by atoms with van der Waals surface area (Å²) in [6, 6.07) is 12.4. The molecule has 3 aromatic rings. The standard InChI is InChI=1S/C16H18N4/c1-10(2)11-4-6-12(7-5-11)15-18-13-8-9-14(17-3)19-16(13)20-15/h4-10H,1-3H3,(H2,17,18,19,20). The minimum Gasteiger partial charge on any atom is -0.373 e. The molecule has 0 bridgehead atoms. The Morgan fingerprint density at radius 1 is 1.00 bits per heavy atom. The second-order valence-corrected chi connectivity index (χ2v) is 5.18. The number of fused-ring (bicyclic) bond motifs is 1. The Hall–Kier alpha value is -2.36. The molecule has 1 aromatic carbocycles. The van der Waals surface area contributed by atoms with E-state index in [2.05, 4.69) is 58.4 Å². The average molecular weight is 266 g/mol. The van der Waals surface area contributed by atoms with Gasteiger partial charge in [0.05, 0.1) is 5.52 Å². The van der Waals surface area contributed by atoms with Crippen molar-refractivity contribution in [3.8, 4) is 11.4 Å². The SMILES string of the molecule is CNc1ccc2[nH]c(-c3ccc(C(C)C)cc3)nc2n1. The molecule has 0 aliphatic carbocycles. The number of rotatable bonds is 3. The number of aromatic nitrogens is 3. The molecule has 0 amide bonds. The summed E-state index contributed by atoms with van der Waals surface area (Å²) in [6.45, 7) is 4.39. The Bertz CT molecular complexity index is 726. The Balaban J connectivity index is 2.01. The molecule has 0 spiro atoms. The largest absolute Gasteiger partial charge is 0.373 e. The van der Waals surface area contributed by atoms with Gasteiger partial charge in [0.25, 0.3) is 0 Å². The molecule has 0 atom stereocenters. The lowest BCUT2D eigenvalue weighted by molar-refractivity contribution is 0.867. The van der Waals surface area contributed by atoms with E-state index in [4.69, 9.17) is 0 Å². The second kappa shape index (κ2) is 4.96. The van der Waals surface area contributed by atoms with Crippen molar-refractivity contribution >= 4 is 17.0 Å². The van der Waals surface area contributed by atoms with E-state index in [1.54, 1.807) is 0 Å². The fourth-order valence-corrected chi connectivity index (χ4v) is 2.19. The van der Waals surface area contributed by atoms with Crippen LogP contribution < -0.4 is 5.32 Å². The Morgan fingerprint density at radius 3 is 2.40 bits per heavy atom. The predicted octanol–water partition coefficient (Wildman–Crippen LogP) is 3.79. The molecule has 2 heterocycles. The van der Waals surface area contributed by atoms with Gasteiger partial charge in [-0.05, 0) is 23.6 Å². The number of H-pyrrole nitrogens is 1. The highest BCUT2D eigenvalue weighted by molar-refractivity contribution is 5.77. The van der Waals surface area contributed by atoms with E-state index in [0.717, 1.165) is 28.4 Å². The molecule has 3 rings (SSSR count). The number of nitrogens with one attached hydrogen (secondary N) is 2. The summed E-state index contributed by atoms with van der Waals surface area (Å²) >= 11 is 0. The Morgan fingerprint density at radius 2 is 1.75 bits per heavy atom. The van der Waals surface area contributed by atoms with Crippen molar-refractivity contribution in [3.05, 3.63) is 42.0 Å². The van der Waals surface area contributed by atoms with Crippen molar-refractivity contribution in [2.75, 3.05) is 12.4 Å². The lowest BCUT2D eigenvalue weighted by atomic mass is 10.0. The third-order valence-electron chi connectivity index (χ3n) is 3.45. The highest BCUT2D eigenvalue weighted by Crippen LogP contribution is 2.23. The third kappa shape index (κ3) is 2.25. The minimum atomic E-state index is 0.541. The highest BCUT2D eigenvalue weighted by atomic mass is 15.0. The quantitative estimate of drug-likeness (QED) is 0.758. The van der Waals surface area contributed by atoms with Crippen molar-refractivity contribution < 1.29 is 0 Å². The van der Waals surface area contributed by atoms with Gasteiger partial charge in [0.2, 0.25) is 0 Å². The number of pyridine rings is 1. The number of aromatic amines is 1. The summed E-state index contributed by atoms with van der Waals surface area (Å²) in [7, 11) is 1.85. The summed E-state index contributed by atoms with van der Waals surface area (Å²) in [4.78, 5) is 12.3. The maximum Gasteiger partial charge on any atom is 0.180 e. The summed E-state index contributed by atoms with van der Waals surface area (Å²) in [5.74, 6) is 2.22. The van der Waals surface area contributed by atoms with Crippen LogP contribution in [-0.4, -0.2) is 22.0 Å². The predicted molar refractivity (Wildman–Crippen MR) is 83.0 cm³/mol. The smallest absolute Gasteiger partial charge is 0.180 e. The lowest BCUT2D eigenvalue weighted by Gasteiger charge is -2.05. The van der Waals surface area contributed by atoms with E-state index in [1.165, 1.54) is 5.56 Å². The van der Waals surface area contributed by atoms with E-state index in [1.807, 2.05) is 19.2 Å². The Labute approximate surface area is 118 Å². The number of hydrogen-bond donors (Lipinski definition) is 2. The van der Waals surface area contributed by atoms with Crippen LogP contribution in [0.15, 0.2) is 36.4 Å². The molecule has 0 saturated heterocycles. The summed E-state index contributed by atoms with van der Waals surface area (Å²) in [5.41, 5.74) is 4.10. The van der Waals surface area contributed by atoms with Crippen LogP contribution in [0.4, 0.5) is 5.82 Å². The van der Waals surface area contributed by atoms with Crippen molar-refractivity contribution in [2.24, 2.45) is 0 Å². The van der Waals surface area contributed by atoms with Crippen molar-refractivity contribution in [2.45, 2.75) is 19.8 Å². The van der Waals surface area contributed by atoms with Gasteiger partial charge >= 0.3 is 0 Å². The molecular weight excluding hydrogens is 248 g/mol. The summed E-state index contributed by atoms with van der Waals surface area (Å²) < 4.78 is 0. The molecular formula is C16H18N4. The fourth-order valence-electron chi connectivity index (χ4n) is 2.19. The van der Waals surface area contributed by atoms with Gasteiger partial charge in [0.1, 0.15) is 11.6 Å². The first kappa shape index (κ1) is 12.7. The maximum absolute atomic E-state index is 4.56. The van der Waals surface area contributed by atoms with E-state index in [9.17, 15) is 0 Å². The molecule has 102 valence electrons. The third-order valence-corrected chi connectivity index (χ3v) is 3.45. The fraction of sp³-hybridized carbons (Fsp3) is 0.250. The van der Waals surface area contributed by atoms with E-state index < -0.39 is 0 Å². The molecule has 2 aromatic heterocycles. The van der Waals surface area contributed by atoms with Crippen LogP contribution in [0.1, 0.15) is 25.3 Å². The number of anilines is 1. The summed E-state index contributed by atoms with van der Waals surface area (Å²) in [5, 5.41) is 3.02. The van der Waals surface area contributed by atoms with Crippen LogP contribution in [0.3, 0.4) is 0 Å². The van der Waals surface area contributed by atoms with Crippen molar-refractivity contribution in [1.82, 2.24) is 15.0 Å². The van der Waals surface area contributed by atoms with Gasteiger partial charge in [-0.3, -0.25) is 0 Å². The zero-order chi connectivity index (χ0) is 14.1. The first-order valence-corrected chi connectivity index (χ1v) is 6.82. The molecule has 4 nitrogen and oxygen atoms in total. The molecule has 0 aliphatic heterocycles. The number of imidazole rings is 1. The molecule has 0 radical (unpaired) electrons. The summed E-state index contributed by atoms with van der Waals surface area (Å²) in [6.07, 6.45) is 0. The van der Waals surface area contributed by atoms with Crippen molar-refractivity contribution in [1.29, 1.82) is 0 Å². The number of nitrogens with zero attached hydrogens (tertiary/aromatic N) is 2. The van der Waals surface area contributed by atoms with E-state index in [-0.39, 0.29) is 0 Å². The molecule has 20 heavy (non-hydrogen) atoms. The van der Waals surface area contributed by atoms with Gasteiger partial charge in [-0.2, -0.15) is 0 Å². The normalized spacial score (nSPS) is 11.2. The van der Waals surface area contributed by atoms with E-state index in [0.29, 0.717) is 5.92 Å². The van der Waals surface area contributed by atoms with Crippen LogP contribution in [-0.2, 0) is 0 Å². The van der Waals surface area contributed by atoms with Gasteiger partial charge in [0.15, 0.2) is 5.65 Å². The Kier molecular flexibility index (Phi) is 3.14. The minimum absolute atomic E-state index is 0.541. The highest BCUT2D eigenvalue weighted by Gasteiger charge is 2.07. The van der Waals surface area contributed by atoms with Crippen LogP contribution in [0.2, 0.25) is 0 Å². The van der Waals surface area contributed by atoms with Gasteiger partial charge in [-0.25, -0.2) is 9.97 Å². The van der Waals surface area contributed by atoms with Gasteiger partial charge in [0, 0.05) is 12.6 Å². The zero-order valence-corrected chi connectivity index (χ0v) is 11.9. The topological polar surface area (TPSA) is 53.6 Å². The maximum atomic E-state index is 4.56. The van der Waals surface area contributed by atoms with Gasteiger partial charge < -0.3 is 10.3 Å². The zero-order valence-electron chi connectivity index (χ0n) is 11.9. The average Bonchev–Trinajstić information content (AvgIpc) is 2.90. The monoisotopic (exact) mass is 266 g/mol. The lowest BCUT2D eigenvalue weighted by Crippen LogP contribution is -1.91. The van der Waals surface area contributed by atoms with Crippen LogP contribution in [0.5, 0.6) is 0 Å². The molecule has 0 saturated carbocycles. The molecule has 0 aliphatic rings. The first-order chi connectivity index (χ1) is 9.67. The van der Waals surface area contributed by atoms with Crippen LogP contribution in [0.25, 0.3) is 22.6 Å². The molecule has 2 N–H and O–H groups in total. The number of hydrogen-bond acceptors (Lipinski definition) is 3. The first-order valence-electron chi connectivity index (χ1n) is 6.82.